The zero-order valence-corrected chi connectivity index (χ0v) is 14.9. The molecule has 0 unspecified atom stereocenters. The predicted molar refractivity (Wildman–Crippen MR) is 90.6 cm³/mol. The molecule has 21 heavy (non-hydrogen) atoms. The van der Waals surface area contributed by atoms with Crippen LogP contribution in [0.15, 0.2) is 26.9 Å². The van der Waals surface area contributed by atoms with E-state index in [4.69, 9.17) is 5.73 Å². The largest absolute Gasteiger partial charge is 0.398 e. The van der Waals surface area contributed by atoms with Gasteiger partial charge < -0.3 is 5.73 Å². The number of benzene rings is 1. The standard InChI is InChI=1S/C14H15BrN2O2S2/c1-8-5-10-3-4-17(12(10)6-11(8)16)21(18,19)13-7-14(15)20-9(13)2/h5-7H,3-4,16H2,1-2H3. The van der Waals surface area contributed by atoms with Gasteiger partial charge in [-0.05, 0) is 59.5 Å². The Kier molecular flexibility index (Phi) is 3.54. The van der Waals surface area contributed by atoms with Crippen molar-refractivity contribution >= 4 is 48.7 Å². The van der Waals surface area contributed by atoms with E-state index in [1.54, 1.807) is 12.1 Å². The van der Waals surface area contributed by atoms with E-state index in [2.05, 4.69) is 15.9 Å². The minimum absolute atomic E-state index is 0.367. The molecule has 0 spiro atoms. The van der Waals surface area contributed by atoms with Gasteiger partial charge in [-0.15, -0.1) is 11.3 Å². The van der Waals surface area contributed by atoms with Crippen molar-refractivity contribution in [3.05, 3.63) is 38.0 Å². The number of nitrogen functional groups attached to an aromatic ring is 1. The summed E-state index contributed by atoms with van der Waals surface area (Å²) in [6.45, 7) is 4.23. The van der Waals surface area contributed by atoms with Crippen LogP contribution in [0.5, 0.6) is 0 Å². The van der Waals surface area contributed by atoms with Crippen LogP contribution in [0, 0.1) is 13.8 Å². The van der Waals surface area contributed by atoms with Gasteiger partial charge in [-0.2, -0.15) is 0 Å². The van der Waals surface area contributed by atoms with Crippen molar-refractivity contribution in [2.24, 2.45) is 0 Å². The molecule has 1 aliphatic rings. The lowest BCUT2D eigenvalue weighted by molar-refractivity contribution is 0.592. The van der Waals surface area contributed by atoms with Crippen molar-refractivity contribution in [2.45, 2.75) is 25.2 Å². The van der Waals surface area contributed by atoms with Crippen LogP contribution in [-0.2, 0) is 16.4 Å². The molecule has 4 nitrogen and oxygen atoms in total. The van der Waals surface area contributed by atoms with E-state index >= 15 is 0 Å². The molecule has 0 atom stereocenters. The average molecular weight is 387 g/mol. The monoisotopic (exact) mass is 386 g/mol. The third kappa shape index (κ3) is 2.37. The van der Waals surface area contributed by atoms with Gasteiger partial charge in [-0.3, -0.25) is 4.31 Å². The molecule has 0 radical (unpaired) electrons. The van der Waals surface area contributed by atoms with E-state index in [9.17, 15) is 8.42 Å². The quantitative estimate of drug-likeness (QED) is 0.803. The molecule has 0 aliphatic carbocycles. The van der Waals surface area contributed by atoms with Gasteiger partial charge in [-0.25, -0.2) is 8.42 Å². The van der Waals surface area contributed by atoms with Crippen molar-refractivity contribution in [3.63, 3.8) is 0 Å². The second-order valence-corrected chi connectivity index (χ2v) is 9.60. The predicted octanol–water partition coefficient (Wildman–Crippen LogP) is 3.46. The fourth-order valence-electron chi connectivity index (χ4n) is 2.60. The second kappa shape index (κ2) is 5.00. The molecule has 0 bridgehead atoms. The Morgan fingerprint density at radius 1 is 1.29 bits per heavy atom. The minimum atomic E-state index is -3.53. The van der Waals surface area contributed by atoms with E-state index < -0.39 is 10.0 Å². The fourth-order valence-corrected chi connectivity index (χ4v) is 6.48. The van der Waals surface area contributed by atoms with Gasteiger partial charge in [0, 0.05) is 17.1 Å². The number of nitrogens with two attached hydrogens (primary N) is 1. The molecule has 1 aliphatic heterocycles. The molecule has 0 saturated carbocycles. The van der Waals surface area contributed by atoms with Crippen molar-refractivity contribution < 1.29 is 8.42 Å². The van der Waals surface area contributed by atoms with Gasteiger partial charge in [0.2, 0.25) is 0 Å². The number of rotatable bonds is 2. The highest BCUT2D eigenvalue weighted by atomic mass is 79.9. The van der Waals surface area contributed by atoms with Crippen LogP contribution in [0.25, 0.3) is 0 Å². The molecule has 0 amide bonds. The number of hydrogen-bond donors (Lipinski definition) is 1. The summed E-state index contributed by atoms with van der Waals surface area (Å²) in [6.07, 6.45) is 0.722. The fraction of sp³-hybridized carbons (Fsp3) is 0.286. The molecular formula is C14H15BrN2O2S2. The van der Waals surface area contributed by atoms with E-state index in [-0.39, 0.29) is 0 Å². The molecule has 7 heteroatoms. The van der Waals surface area contributed by atoms with E-state index in [1.165, 1.54) is 15.6 Å². The maximum Gasteiger partial charge on any atom is 0.265 e. The number of halogens is 1. The first kappa shape index (κ1) is 14.9. The van der Waals surface area contributed by atoms with E-state index in [0.717, 1.165) is 26.2 Å². The van der Waals surface area contributed by atoms with Crippen LogP contribution < -0.4 is 10.0 Å². The average Bonchev–Trinajstić information content (AvgIpc) is 2.94. The van der Waals surface area contributed by atoms with Crippen LogP contribution >= 0.6 is 27.3 Å². The third-order valence-electron chi connectivity index (χ3n) is 3.73. The molecule has 2 heterocycles. The Labute approximate surface area is 136 Å². The first-order chi connectivity index (χ1) is 9.80. The van der Waals surface area contributed by atoms with E-state index in [1.807, 2.05) is 19.9 Å². The Bertz CT molecular complexity index is 828. The molecule has 112 valence electrons. The SMILES string of the molecule is Cc1cc2c(cc1N)N(S(=O)(=O)c1cc(Br)sc1C)CC2. The lowest BCUT2D eigenvalue weighted by atomic mass is 10.1. The number of hydrogen-bond acceptors (Lipinski definition) is 4. The molecule has 1 aromatic carbocycles. The number of sulfonamides is 1. The van der Waals surface area contributed by atoms with Crippen LogP contribution in [0.1, 0.15) is 16.0 Å². The Balaban J connectivity index is 2.12. The Hall–Kier alpha value is -1.05. The molecular weight excluding hydrogens is 372 g/mol. The summed E-state index contributed by atoms with van der Waals surface area (Å²) in [5.41, 5.74) is 9.30. The summed E-state index contributed by atoms with van der Waals surface area (Å²) in [5, 5.41) is 0. The Morgan fingerprint density at radius 2 is 2.00 bits per heavy atom. The number of thiophene rings is 1. The molecule has 0 saturated heterocycles. The summed E-state index contributed by atoms with van der Waals surface area (Å²) in [6, 6.07) is 5.42. The summed E-state index contributed by atoms with van der Waals surface area (Å²) in [4.78, 5) is 1.15. The van der Waals surface area contributed by atoms with Gasteiger partial charge >= 0.3 is 0 Å². The van der Waals surface area contributed by atoms with Gasteiger partial charge in [0.15, 0.2) is 0 Å². The van der Waals surface area contributed by atoms with Gasteiger partial charge in [0.05, 0.1) is 9.47 Å². The van der Waals surface area contributed by atoms with Crippen LogP contribution in [0.2, 0.25) is 0 Å². The number of nitrogens with zero attached hydrogens (tertiary/aromatic N) is 1. The van der Waals surface area contributed by atoms with Crippen LogP contribution in [-0.4, -0.2) is 15.0 Å². The minimum Gasteiger partial charge on any atom is -0.398 e. The molecule has 3 rings (SSSR count). The first-order valence-electron chi connectivity index (χ1n) is 6.48. The normalized spacial score (nSPS) is 14.5. The molecule has 2 aromatic rings. The first-order valence-corrected chi connectivity index (χ1v) is 9.53. The Morgan fingerprint density at radius 3 is 2.62 bits per heavy atom. The molecule has 2 N–H and O–H groups in total. The maximum absolute atomic E-state index is 12.9. The van der Waals surface area contributed by atoms with Gasteiger partial charge in [0.25, 0.3) is 10.0 Å². The van der Waals surface area contributed by atoms with Crippen molar-refractivity contribution in [1.82, 2.24) is 0 Å². The van der Waals surface area contributed by atoms with Crippen LogP contribution in [0.3, 0.4) is 0 Å². The number of anilines is 2. The van der Waals surface area contributed by atoms with E-state index in [0.29, 0.717) is 22.8 Å². The zero-order valence-electron chi connectivity index (χ0n) is 11.7. The summed E-state index contributed by atoms with van der Waals surface area (Å²) >= 11 is 4.78. The summed E-state index contributed by atoms with van der Waals surface area (Å²) in [5.74, 6) is 0. The zero-order chi connectivity index (χ0) is 15.4. The number of fused-ring (bicyclic) bond motifs is 1. The molecule has 1 aromatic heterocycles. The third-order valence-corrected chi connectivity index (χ3v) is 7.35. The lowest BCUT2D eigenvalue weighted by Gasteiger charge is -2.20. The highest BCUT2D eigenvalue weighted by Crippen LogP contribution is 2.38. The van der Waals surface area contributed by atoms with Gasteiger partial charge in [0.1, 0.15) is 4.90 Å². The second-order valence-electron chi connectivity index (χ2n) is 5.14. The summed E-state index contributed by atoms with van der Waals surface area (Å²) in [7, 11) is -3.53. The van der Waals surface area contributed by atoms with Crippen molar-refractivity contribution in [3.8, 4) is 0 Å². The summed E-state index contributed by atoms with van der Waals surface area (Å²) < 4.78 is 28.1. The topological polar surface area (TPSA) is 63.4 Å². The molecule has 0 fully saturated rings. The smallest absolute Gasteiger partial charge is 0.265 e. The van der Waals surface area contributed by atoms with Gasteiger partial charge in [-0.1, -0.05) is 6.07 Å². The van der Waals surface area contributed by atoms with Crippen molar-refractivity contribution in [2.75, 3.05) is 16.6 Å². The maximum atomic E-state index is 12.9. The van der Waals surface area contributed by atoms with Crippen molar-refractivity contribution in [1.29, 1.82) is 0 Å². The number of aryl methyl sites for hydroxylation is 2. The highest BCUT2D eigenvalue weighted by molar-refractivity contribution is 9.11. The lowest BCUT2D eigenvalue weighted by Crippen LogP contribution is -2.29. The van der Waals surface area contributed by atoms with Crippen LogP contribution in [0.4, 0.5) is 11.4 Å². The highest BCUT2D eigenvalue weighted by Gasteiger charge is 2.33.